The molecule has 3 heterocycles. The van der Waals surface area contributed by atoms with Crippen LogP contribution < -0.4 is 25.7 Å². The molecule has 1 fully saturated rings. The van der Waals surface area contributed by atoms with E-state index in [2.05, 4.69) is 49.6 Å². The minimum atomic E-state index is -0.490. The van der Waals surface area contributed by atoms with E-state index in [4.69, 9.17) is 9.47 Å². The lowest BCUT2D eigenvalue weighted by molar-refractivity contribution is 0.0351. The zero-order valence-electron chi connectivity index (χ0n) is 20.1. The van der Waals surface area contributed by atoms with Gasteiger partial charge in [-0.15, -0.1) is 0 Å². The first kappa shape index (κ1) is 23.5. The van der Waals surface area contributed by atoms with Crippen molar-refractivity contribution in [3.63, 3.8) is 0 Å². The predicted octanol–water partition coefficient (Wildman–Crippen LogP) is 3.82. The number of fused-ring (bicyclic) bond motifs is 1. The van der Waals surface area contributed by atoms with Crippen LogP contribution in [0.2, 0.25) is 0 Å². The third-order valence-electron chi connectivity index (χ3n) is 6.12. The van der Waals surface area contributed by atoms with E-state index in [1.54, 1.807) is 49.8 Å². The number of aromatic amines is 1. The van der Waals surface area contributed by atoms with E-state index in [0.29, 0.717) is 34.6 Å². The third kappa shape index (κ3) is 4.91. The fourth-order valence-corrected chi connectivity index (χ4v) is 3.99. The maximum atomic E-state index is 13.9. The van der Waals surface area contributed by atoms with Crippen molar-refractivity contribution in [1.29, 1.82) is 0 Å². The van der Waals surface area contributed by atoms with Crippen LogP contribution in [-0.4, -0.2) is 58.2 Å². The van der Waals surface area contributed by atoms with Gasteiger partial charge in [0.15, 0.2) is 5.75 Å². The number of nitrogens with zero attached hydrogens (tertiary/aromatic N) is 4. The summed E-state index contributed by atoms with van der Waals surface area (Å²) in [6.45, 7) is 0. The number of para-hydroxylation sites is 1. The quantitative estimate of drug-likeness (QED) is 0.338. The molecule has 0 atom stereocenters. The Morgan fingerprint density at radius 3 is 2.75 bits per heavy atom. The number of anilines is 4. The number of hydrogen-bond acceptors (Lipinski definition) is 9. The van der Waals surface area contributed by atoms with Gasteiger partial charge in [-0.05, 0) is 32.3 Å². The van der Waals surface area contributed by atoms with Crippen LogP contribution in [0.15, 0.2) is 53.6 Å². The summed E-state index contributed by atoms with van der Waals surface area (Å²) in [5, 5.41) is 6.61. The molecule has 1 aliphatic carbocycles. The number of H-pyrrole nitrogens is 1. The van der Waals surface area contributed by atoms with Gasteiger partial charge in [0.25, 0.3) is 11.4 Å². The van der Waals surface area contributed by atoms with Gasteiger partial charge < -0.3 is 30.0 Å². The molecular formula is C25H26FN7O3. The van der Waals surface area contributed by atoms with E-state index in [-0.39, 0.29) is 23.3 Å². The van der Waals surface area contributed by atoms with Crippen molar-refractivity contribution in [1.82, 2.24) is 24.8 Å². The molecule has 0 spiro atoms. The van der Waals surface area contributed by atoms with Crippen LogP contribution in [-0.2, 0) is 0 Å². The Balaban J connectivity index is 1.29. The largest absolute Gasteiger partial charge is 0.491 e. The van der Waals surface area contributed by atoms with Crippen molar-refractivity contribution in [3.8, 4) is 11.6 Å². The number of ether oxygens (including phenoxy) is 2. The summed E-state index contributed by atoms with van der Waals surface area (Å²) in [6, 6.07) is 10.1. The lowest BCUT2D eigenvalue weighted by Crippen LogP contribution is -2.46. The number of rotatable bonds is 8. The van der Waals surface area contributed by atoms with Crippen molar-refractivity contribution in [3.05, 3.63) is 65.0 Å². The molecule has 0 unspecified atom stereocenters. The smallest absolute Gasteiger partial charge is 0.272 e. The topological polar surface area (TPSA) is 117 Å². The lowest BCUT2D eigenvalue weighted by atomic mass is 9.88. The van der Waals surface area contributed by atoms with Gasteiger partial charge in [-0.25, -0.2) is 14.4 Å². The van der Waals surface area contributed by atoms with Crippen molar-refractivity contribution < 1.29 is 13.9 Å². The number of halogens is 1. The summed E-state index contributed by atoms with van der Waals surface area (Å²) in [6.07, 6.45) is 5.16. The van der Waals surface area contributed by atoms with Crippen LogP contribution in [0.25, 0.3) is 10.9 Å². The molecule has 186 valence electrons. The molecule has 5 rings (SSSR count). The molecule has 4 aromatic rings. The van der Waals surface area contributed by atoms with Crippen molar-refractivity contribution >= 4 is 34.0 Å². The highest BCUT2D eigenvalue weighted by Gasteiger charge is 2.33. The van der Waals surface area contributed by atoms with Gasteiger partial charge in [0.05, 0.1) is 24.5 Å². The van der Waals surface area contributed by atoms with E-state index >= 15 is 0 Å². The molecule has 0 saturated heterocycles. The standard InChI is InChI=1S/C25H26FN7O3/c1-33(2)16-11-17(12-16)36-24-20(35-3)10-15(13-28-24)29-25-27-8-7-21(31-25)30-19-9-14-5-4-6-18(26)22(14)32-23(19)34/h4-10,13,16-17H,11-12H2,1-3H3,(H,32,34)(H2,27,29,30,31). The Bertz CT molecular complexity index is 1450. The normalized spacial score (nSPS) is 17.0. The number of pyridine rings is 2. The van der Waals surface area contributed by atoms with Crippen LogP contribution in [0.5, 0.6) is 11.6 Å². The Morgan fingerprint density at radius 1 is 1.14 bits per heavy atom. The average molecular weight is 492 g/mol. The Labute approximate surface area is 206 Å². The van der Waals surface area contributed by atoms with Crippen LogP contribution in [0.1, 0.15) is 12.8 Å². The van der Waals surface area contributed by atoms with Crippen LogP contribution in [0.4, 0.5) is 27.5 Å². The molecule has 1 saturated carbocycles. The van der Waals surface area contributed by atoms with E-state index < -0.39 is 11.4 Å². The molecule has 36 heavy (non-hydrogen) atoms. The number of benzene rings is 1. The van der Waals surface area contributed by atoms with Gasteiger partial charge in [0.1, 0.15) is 23.4 Å². The first-order valence-electron chi connectivity index (χ1n) is 11.5. The second-order valence-corrected chi connectivity index (χ2v) is 8.79. The average Bonchev–Trinajstić information content (AvgIpc) is 2.83. The van der Waals surface area contributed by atoms with Gasteiger partial charge >= 0.3 is 0 Å². The molecule has 0 amide bonds. The summed E-state index contributed by atoms with van der Waals surface area (Å²) >= 11 is 0. The first-order valence-corrected chi connectivity index (χ1v) is 11.5. The molecule has 0 aliphatic heterocycles. The molecule has 11 heteroatoms. The van der Waals surface area contributed by atoms with Gasteiger partial charge in [0.2, 0.25) is 5.95 Å². The summed E-state index contributed by atoms with van der Waals surface area (Å²) in [5.74, 6) is 1.12. The van der Waals surface area contributed by atoms with E-state index in [1.165, 1.54) is 6.07 Å². The SMILES string of the molecule is COc1cc(Nc2nccc(Nc3cc4cccc(F)c4[nH]c3=O)n2)cnc1OC1CC(N(C)C)C1. The van der Waals surface area contributed by atoms with Crippen molar-refractivity contribution in [2.24, 2.45) is 0 Å². The zero-order valence-corrected chi connectivity index (χ0v) is 20.1. The minimum Gasteiger partial charge on any atom is -0.491 e. The summed E-state index contributed by atoms with van der Waals surface area (Å²) in [7, 11) is 5.69. The second kappa shape index (κ2) is 9.78. The molecule has 0 radical (unpaired) electrons. The first-order chi connectivity index (χ1) is 17.4. The Hall–Kier alpha value is -4.25. The fraction of sp³-hybridized carbons (Fsp3) is 0.280. The van der Waals surface area contributed by atoms with Crippen molar-refractivity contribution in [2.45, 2.75) is 25.0 Å². The number of methoxy groups -OCH3 is 1. The molecule has 3 N–H and O–H groups in total. The minimum absolute atomic E-state index is 0.110. The maximum Gasteiger partial charge on any atom is 0.272 e. The highest BCUT2D eigenvalue weighted by atomic mass is 19.1. The maximum absolute atomic E-state index is 13.9. The molecule has 3 aromatic heterocycles. The highest BCUT2D eigenvalue weighted by Crippen LogP contribution is 2.34. The summed E-state index contributed by atoms with van der Waals surface area (Å²) in [4.78, 5) is 30.2. The van der Waals surface area contributed by atoms with E-state index in [1.807, 2.05) is 0 Å². The predicted molar refractivity (Wildman–Crippen MR) is 135 cm³/mol. The molecule has 10 nitrogen and oxygen atoms in total. The molecular weight excluding hydrogens is 465 g/mol. The lowest BCUT2D eigenvalue weighted by Gasteiger charge is -2.39. The van der Waals surface area contributed by atoms with E-state index in [0.717, 1.165) is 12.8 Å². The van der Waals surface area contributed by atoms with Crippen LogP contribution >= 0.6 is 0 Å². The number of nitrogens with one attached hydrogen (secondary N) is 3. The second-order valence-electron chi connectivity index (χ2n) is 8.79. The Morgan fingerprint density at radius 2 is 1.97 bits per heavy atom. The van der Waals surface area contributed by atoms with Gasteiger partial charge in [-0.2, -0.15) is 4.98 Å². The van der Waals surface area contributed by atoms with Gasteiger partial charge in [0, 0.05) is 36.5 Å². The van der Waals surface area contributed by atoms with Crippen molar-refractivity contribution in [2.75, 3.05) is 31.8 Å². The van der Waals surface area contributed by atoms with Crippen LogP contribution in [0, 0.1) is 5.82 Å². The summed E-state index contributed by atoms with van der Waals surface area (Å²) < 4.78 is 25.4. The third-order valence-corrected chi connectivity index (χ3v) is 6.12. The van der Waals surface area contributed by atoms with Gasteiger partial charge in [-0.1, -0.05) is 12.1 Å². The van der Waals surface area contributed by atoms with E-state index in [9.17, 15) is 9.18 Å². The number of hydrogen-bond donors (Lipinski definition) is 3. The fourth-order valence-electron chi connectivity index (χ4n) is 3.99. The molecule has 1 aliphatic rings. The Kier molecular flexibility index (Phi) is 6.38. The number of aromatic nitrogens is 4. The van der Waals surface area contributed by atoms with Crippen LogP contribution in [0.3, 0.4) is 0 Å². The zero-order chi connectivity index (χ0) is 25.2. The molecule has 1 aromatic carbocycles. The highest BCUT2D eigenvalue weighted by molar-refractivity contribution is 5.82. The summed E-state index contributed by atoms with van der Waals surface area (Å²) in [5.41, 5.74) is 0.528. The monoisotopic (exact) mass is 491 g/mol. The molecule has 0 bridgehead atoms. The van der Waals surface area contributed by atoms with Gasteiger partial charge in [-0.3, -0.25) is 4.79 Å².